The Bertz CT molecular complexity index is 1320. The zero-order valence-corrected chi connectivity index (χ0v) is 17.4. The van der Waals surface area contributed by atoms with Gasteiger partial charge < -0.3 is 9.32 Å². The first-order chi connectivity index (χ1) is 15.0. The lowest BCUT2D eigenvalue weighted by Gasteiger charge is -2.25. The molecule has 2 aromatic carbocycles. The molecule has 1 amide bonds. The maximum atomic E-state index is 13.5. The molecule has 1 atom stereocenters. The summed E-state index contributed by atoms with van der Waals surface area (Å²) in [6, 6.07) is 18.5. The van der Waals surface area contributed by atoms with Crippen LogP contribution in [-0.2, 0) is 6.54 Å². The van der Waals surface area contributed by atoms with E-state index >= 15 is 0 Å². The van der Waals surface area contributed by atoms with E-state index in [1.165, 1.54) is 5.56 Å². The summed E-state index contributed by atoms with van der Waals surface area (Å²) in [5.41, 5.74) is 3.67. The summed E-state index contributed by atoms with van der Waals surface area (Å²) in [7, 11) is 0. The Kier molecular flexibility index (Phi) is 4.66. The molecule has 2 aromatic heterocycles. The number of carbonyl (C=O) groups is 1. The minimum absolute atomic E-state index is 0.130. The summed E-state index contributed by atoms with van der Waals surface area (Å²) in [5, 5.41) is 0.487. The molecule has 0 fully saturated rings. The van der Waals surface area contributed by atoms with E-state index in [4.69, 9.17) is 4.42 Å². The van der Waals surface area contributed by atoms with Crippen LogP contribution in [0.1, 0.15) is 58.6 Å². The first-order valence-corrected chi connectivity index (χ1v) is 10.4. The number of hydrogen-bond acceptors (Lipinski definition) is 4. The summed E-state index contributed by atoms with van der Waals surface area (Å²) >= 11 is 0. The highest BCUT2D eigenvalue weighted by Gasteiger charge is 2.42. The predicted octanol–water partition coefficient (Wildman–Crippen LogP) is 5.06. The molecule has 1 unspecified atom stereocenters. The van der Waals surface area contributed by atoms with Crippen molar-refractivity contribution >= 4 is 16.9 Å². The van der Waals surface area contributed by atoms with Gasteiger partial charge in [-0.15, -0.1) is 0 Å². The van der Waals surface area contributed by atoms with Gasteiger partial charge in [0.2, 0.25) is 5.76 Å². The molecule has 0 spiro atoms. The number of aromatic nitrogens is 1. The lowest BCUT2D eigenvalue weighted by Crippen LogP contribution is -2.29. The molecule has 0 saturated heterocycles. The lowest BCUT2D eigenvalue weighted by atomic mass is 9.95. The summed E-state index contributed by atoms with van der Waals surface area (Å²) in [4.78, 5) is 32.8. The molecule has 3 heterocycles. The van der Waals surface area contributed by atoms with Crippen molar-refractivity contribution in [1.82, 2.24) is 9.88 Å². The first kappa shape index (κ1) is 19.2. The van der Waals surface area contributed by atoms with E-state index in [0.29, 0.717) is 29.0 Å². The molecule has 0 N–H and O–H groups in total. The minimum atomic E-state index is -0.509. The number of rotatable bonds is 4. The smallest absolute Gasteiger partial charge is 0.291 e. The van der Waals surface area contributed by atoms with Gasteiger partial charge in [0.05, 0.1) is 17.0 Å². The first-order valence-electron chi connectivity index (χ1n) is 10.4. The van der Waals surface area contributed by atoms with Crippen molar-refractivity contribution in [3.05, 3.63) is 111 Å². The van der Waals surface area contributed by atoms with Gasteiger partial charge in [-0.2, -0.15) is 0 Å². The van der Waals surface area contributed by atoms with E-state index in [-0.39, 0.29) is 17.1 Å². The zero-order chi connectivity index (χ0) is 21.5. The predicted molar refractivity (Wildman–Crippen MR) is 119 cm³/mol. The van der Waals surface area contributed by atoms with Gasteiger partial charge in [0.1, 0.15) is 5.58 Å². The van der Waals surface area contributed by atoms with Gasteiger partial charge in [-0.1, -0.05) is 56.3 Å². The Morgan fingerprint density at radius 2 is 1.77 bits per heavy atom. The van der Waals surface area contributed by atoms with Crippen molar-refractivity contribution in [3.8, 4) is 0 Å². The Morgan fingerprint density at radius 1 is 1.00 bits per heavy atom. The Morgan fingerprint density at radius 3 is 2.48 bits per heavy atom. The third-order valence-electron chi connectivity index (χ3n) is 5.87. The highest BCUT2D eigenvalue weighted by atomic mass is 16.3. The molecule has 5 rings (SSSR count). The number of para-hydroxylation sites is 1. The van der Waals surface area contributed by atoms with E-state index in [1.807, 2.05) is 30.3 Å². The van der Waals surface area contributed by atoms with Crippen LogP contribution in [0.2, 0.25) is 0 Å². The van der Waals surface area contributed by atoms with Crippen molar-refractivity contribution in [2.75, 3.05) is 0 Å². The minimum Gasteiger partial charge on any atom is -0.450 e. The Balaban J connectivity index is 1.70. The fourth-order valence-corrected chi connectivity index (χ4v) is 4.23. The van der Waals surface area contributed by atoms with Crippen LogP contribution in [0.5, 0.6) is 0 Å². The van der Waals surface area contributed by atoms with Gasteiger partial charge >= 0.3 is 0 Å². The van der Waals surface area contributed by atoms with Crippen molar-refractivity contribution in [1.29, 1.82) is 0 Å². The van der Waals surface area contributed by atoms with Crippen LogP contribution in [0.15, 0.2) is 82.3 Å². The summed E-state index contributed by atoms with van der Waals surface area (Å²) in [6.07, 6.45) is 3.44. The molecule has 154 valence electrons. The van der Waals surface area contributed by atoms with E-state index in [0.717, 1.165) is 11.1 Å². The van der Waals surface area contributed by atoms with Crippen molar-refractivity contribution in [2.24, 2.45) is 0 Å². The zero-order valence-electron chi connectivity index (χ0n) is 17.4. The highest BCUT2D eigenvalue weighted by molar-refractivity contribution is 5.99. The molecule has 0 bridgehead atoms. The van der Waals surface area contributed by atoms with Gasteiger partial charge in [-0.25, -0.2) is 0 Å². The lowest BCUT2D eigenvalue weighted by molar-refractivity contribution is 0.0714. The van der Waals surface area contributed by atoms with Crippen LogP contribution in [0.25, 0.3) is 11.0 Å². The van der Waals surface area contributed by atoms with Crippen molar-refractivity contribution < 1.29 is 9.21 Å². The second kappa shape index (κ2) is 7.51. The monoisotopic (exact) mass is 410 g/mol. The fourth-order valence-electron chi connectivity index (χ4n) is 4.23. The molecule has 1 aliphatic heterocycles. The number of pyridine rings is 1. The molecule has 0 radical (unpaired) electrons. The quantitative estimate of drug-likeness (QED) is 0.472. The third kappa shape index (κ3) is 3.22. The summed E-state index contributed by atoms with van der Waals surface area (Å²) in [5.74, 6) is 0.247. The van der Waals surface area contributed by atoms with Crippen LogP contribution >= 0.6 is 0 Å². The average molecular weight is 410 g/mol. The summed E-state index contributed by atoms with van der Waals surface area (Å²) in [6.45, 7) is 4.61. The second-order valence-corrected chi connectivity index (χ2v) is 8.19. The van der Waals surface area contributed by atoms with Gasteiger partial charge in [-0.3, -0.25) is 14.6 Å². The maximum absolute atomic E-state index is 13.5. The van der Waals surface area contributed by atoms with Gasteiger partial charge in [0.15, 0.2) is 5.43 Å². The maximum Gasteiger partial charge on any atom is 0.291 e. The molecule has 31 heavy (non-hydrogen) atoms. The van der Waals surface area contributed by atoms with Crippen LogP contribution in [0.4, 0.5) is 0 Å². The van der Waals surface area contributed by atoms with E-state index < -0.39 is 6.04 Å². The van der Waals surface area contributed by atoms with Crippen LogP contribution in [0.3, 0.4) is 0 Å². The number of hydrogen-bond donors (Lipinski definition) is 0. The number of carbonyl (C=O) groups excluding carboxylic acids is 1. The number of amides is 1. The van der Waals surface area contributed by atoms with Gasteiger partial charge in [0, 0.05) is 18.9 Å². The van der Waals surface area contributed by atoms with E-state index in [9.17, 15) is 9.59 Å². The SMILES string of the molecule is CC(C)c1ccc(C2c3c(oc4ccccc4c3=O)C(=O)N2Cc2cccnc2)cc1. The largest absolute Gasteiger partial charge is 0.450 e. The molecule has 4 aromatic rings. The average Bonchev–Trinajstić information content (AvgIpc) is 3.06. The molecular weight excluding hydrogens is 388 g/mol. The Hall–Kier alpha value is -3.73. The third-order valence-corrected chi connectivity index (χ3v) is 5.87. The standard InChI is InChI=1S/C26H22N2O3/c1-16(2)18-9-11-19(12-10-18)23-22-24(29)20-7-3-4-8-21(20)31-25(22)26(30)28(23)15-17-6-5-13-27-14-17/h3-14,16,23H,15H2,1-2H3. The number of nitrogens with zero attached hydrogens (tertiary/aromatic N) is 2. The van der Waals surface area contributed by atoms with Gasteiger partial charge in [0.25, 0.3) is 5.91 Å². The normalized spacial score (nSPS) is 15.6. The topological polar surface area (TPSA) is 63.4 Å². The van der Waals surface area contributed by atoms with Crippen LogP contribution in [-0.4, -0.2) is 15.8 Å². The van der Waals surface area contributed by atoms with Crippen LogP contribution in [0, 0.1) is 0 Å². The molecule has 0 saturated carbocycles. The molecule has 5 heteroatoms. The fraction of sp³-hybridized carbons (Fsp3) is 0.192. The molecule has 0 aliphatic carbocycles. The van der Waals surface area contributed by atoms with Gasteiger partial charge in [-0.05, 0) is 40.8 Å². The van der Waals surface area contributed by atoms with Crippen molar-refractivity contribution in [3.63, 3.8) is 0 Å². The molecule has 5 nitrogen and oxygen atoms in total. The number of benzene rings is 2. The van der Waals surface area contributed by atoms with E-state index in [2.05, 4.69) is 31.0 Å². The van der Waals surface area contributed by atoms with E-state index in [1.54, 1.807) is 35.5 Å². The molecule has 1 aliphatic rings. The molecular formula is C26H22N2O3. The number of fused-ring (bicyclic) bond motifs is 2. The second-order valence-electron chi connectivity index (χ2n) is 8.19. The van der Waals surface area contributed by atoms with Crippen LogP contribution < -0.4 is 5.43 Å². The summed E-state index contributed by atoms with van der Waals surface area (Å²) < 4.78 is 5.97. The highest BCUT2D eigenvalue weighted by Crippen LogP contribution is 2.39. The van der Waals surface area contributed by atoms with Crippen molar-refractivity contribution in [2.45, 2.75) is 32.4 Å². The Labute approximate surface area is 180 Å².